The number of rotatable bonds is 15. The lowest BCUT2D eigenvalue weighted by molar-refractivity contribution is -0.0159. The summed E-state index contributed by atoms with van der Waals surface area (Å²) >= 11 is 0. The van der Waals surface area contributed by atoms with Crippen molar-refractivity contribution in [2.24, 2.45) is 0 Å². The zero-order chi connectivity index (χ0) is 30.4. The molecule has 0 aromatic heterocycles. The summed E-state index contributed by atoms with van der Waals surface area (Å²) < 4.78 is 94.4. The molecule has 42 heavy (non-hydrogen) atoms. The number of benzene rings is 3. The van der Waals surface area contributed by atoms with Crippen LogP contribution in [0.15, 0.2) is 41.3 Å². The van der Waals surface area contributed by atoms with Crippen molar-refractivity contribution in [2.45, 2.75) is 76.0 Å². The number of nitrogens with zero attached hydrogens (tertiary/aromatic N) is 1. The molecule has 0 fully saturated rings. The summed E-state index contributed by atoms with van der Waals surface area (Å²) in [4.78, 5) is 23.7. The molecule has 0 atom stereocenters. The van der Waals surface area contributed by atoms with Crippen LogP contribution in [0.1, 0.15) is 91.8 Å². The van der Waals surface area contributed by atoms with E-state index >= 15 is 0 Å². The number of halogens is 4. The van der Waals surface area contributed by atoms with Crippen molar-refractivity contribution in [3.8, 4) is 5.75 Å². The molecule has 1 heterocycles. The topological polar surface area (TPSA) is 90.0 Å². The molecular weight excluding hydrogens is 578 g/mol. The van der Waals surface area contributed by atoms with Gasteiger partial charge in [-0.25, -0.2) is 8.78 Å². The fourth-order valence-corrected chi connectivity index (χ4v) is 5.94. The highest BCUT2D eigenvalue weighted by Gasteiger charge is 2.41. The summed E-state index contributed by atoms with van der Waals surface area (Å²) in [7, 11) is -5.77. The largest absolute Gasteiger partial charge is 0.487 e. The van der Waals surface area contributed by atoms with E-state index in [1.54, 1.807) is 12.1 Å². The predicted octanol–water partition coefficient (Wildman–Crippen LogP) is 7.61. The molecule has 0 saturated carbocycles. The van der Waals surface area contributed by atoms with Gasteiger partial charge in [-0.15, -0.1) is 9.35 Å². The Morgan fingerprint density at radius 2 is 1.17 bits per heavy atom. The number of hydroxylamine groups is 2. The Bertz CT molecular complexity index is 1510. The number of imide groups is 1. The quantitative estimate of drug-likeness (QED) is 0.0763. The monoisotopic (exact) mass is 609 g/mol. The average molecular weight is 610 g/mol. The van der Waals surface area contributed by atoms with Gasteiger partial charge >= 0.3 is 10.1 Å². The van der Waals surface area contributed by atoms with Gasteiger partial charge in [-0.1, -0.05) is 89.0 Å². The van der Waals surface area contributed by atoms with E-state index in [1.165, 1.54) is 49.9 Å². The highest BCUT2D eigenvalue weighted by Crippen LogP contribution is 2.36. The Morgan fingerprint density at radius 1 is 0.690 bits per heavy atom. The fraction of sp³-hybridized carbons (Fsp3) is 0.400. The summed E-state index contributed by atoms with van der Waals surface area (Å²) in [5.74, 6) is -12.7. The van der Waals surface area contributed by atoms with Gasteiger partial charge < -0.3 is 4.74 Å². The summed E-state index contributed by atoms with van der Waals surface area (Å²) in [5, 5.41) is 0.519. The minimum absolute atomic E-state index is 0.119. The van der Waals surface area contributed by atoms with Crippen LogP contribution in [-0.2, 0) is 14.4 Å². The molecule has 0 unspecified atom stereocenters. The van der Waals surface area contributed by atoms with Crippen molar-refractivity contribution >= 4 is 32.7 Å². The van der Waals surface area contributed by atoms with Crippen LogP contribution in [0.2, 0.25) is 0 Å². The molecule has 1 aliphatic rings. The third-order valence-electron chi connectivity index (χ3n) is 7.08. The molecule has 4 rings (SSSR count). The third kappa shape index (κ3) is 6.44. The van der Waals surface area contributed by atoms with Gasteiger partial charge in [-0.2, -0.15) is 17.2 Å². The average Bonchev–Trinajstić information content (AvgIpc) is 2.97. The maximum absolute atomic E-state index is 14.9. The van der Waals surface area contributed by atoms with Gasteiger partial charge in [0, 0.05) is 5.39 Å². The molecule has 0 bridgehead atoms. The van der Waals surface area contributed by atoms with E-state index in [1.807, 2.05) is 0 Å². The van der Waals surface area contributed by atoms with Crippen LogP contribution in [0.25, 0.3) is 10.8 Å². The predicted molar refractivity (Wildman–Crippen MR) is 146 cm³/mol. The Hall–Kier alpha value is -3.51. The van der Waals surface area contributed by atoms with Crippen LogP contribution < -0.4 is 4.74 Å². The minimum atomic E-state index is -5.77. The van der Waals surface area contributed by atoms with E-state index < -0.39 is 55.8 Å². The molecule has 0 aliphatic carbocycles. The normalized spacial score (nSPS) is 13.3. The van der Waals surface area contributed by atoms with Gasteiger partial charge in [0.25, 0.3) is 11.8 Å². The third-order valence-corrected chi connectivity index (χ3v) is 8.29. The number of hydrogen-bond donors (Lipinski definition) is 0. The SMILES string of the molecule is CCCCCCCCCCCCOc1c(F)c(F)c(S(=O)(=O)ON2C(=O)c3cccc4cccc(c34)C2=O)c(F)c1F. The standard InChI is InChI=1S/C30H31F4NO6S/c1-2-3-4-5-6-7-8-9-10-11-18-40-27-23(31)25(33)28(26(34)24(27)32)42(38,39)41-35-29(36)20-16-12-14-19-15-13-17-21(22(19)20)30(35)37/h12-17H,2-11,18H2,1H3. The van der Waals surface area contributed by atoms with Gasteiger partial charge in [0.05, 0.1) is 17.7 Å². The lowest BCUT2D eigenvalue weighted by atomic mass is 9.95. The van der Waals surface area contributed by atoms with Gasteiger partial charge in [0.15, 0.2) is 22.3 Å². The van der Waals surface area contributed by atoms with E-state index in [-0.39, 0.29) is 28.2 Å². The molecule has 0 radical (unpaired) electrons. The van der Waals surface area contributed by atoms with E-state index in [2.05, 4.69) is 11.2 Å². The number of unbranched alkanes of at least 4 members (excludes halogenated alkanes) is 9. The van der Waals surface area contributed by atoms with Gasteiger partial charge in [-0.3, -0.25) is 9.59 Å². The van der Waals surface area contributed by atoms with Crippen LogP contribution in [-0.4, -0.2) is 31.9 Å². The van der Waals surface area contributed by atoms with Crippen molar-refractivity contribution < 1.29 is 44.6 Å². The number of carbonyl (C=O) groups excluding carboxylic acids is 2. The van der Waals surface area contributed by atoms with E-state index in [4.69, 9.17) is 4.74 Å². The molecule has 0 saturated heterocycles. The Kier molecular flexibility index (Phi) is 10.2. The molecule has 12 heteroatoms. The lowest BCUT2D eigenvalue weighted by Gasteiger charge is -2.25. The number of carbonyl (C=O) groups is 2. The summed E-state index contributed by atoms with van der Waals surface area (Å²) in [5.41, 5.74) is -0.237. The molecule has 0 N–H and O–H groups in total. The molecule has 226 valence electrons. The van der Waals surface area contributed by atoms with Crippen molar-refractivity contribution in [3.63, 3.8) is 0 Å². The minimum Gasteiger partial charge on any atom is -0.487 e. The van der Waals surface area contributed by atoms with Gasteiger partial charge in [-0.05, 0) is 23.9 Å². The first-order valence-electron chi connectivity index (χ1n) is 13.9. The highest BCUT2D eigenvalue weighted by atomic mass is 32.2. The first kappa shape index (κ1) is 31.4. The fourth-order valence-electron chi connectivity index (χ4n) is 4.91. The first-order valence-corrected chi connectivity index (χ1v) is 15.3. The summed E-state index contributed by atoms with van der Waals surface area (Å²) in [6, 6.07) is 8.77. The van der Waals surface area contributed by atoms with Gasteiger partial charge in [0.1, 0.15) is 0 Å². The molecule has 3 aromatic rings. The molecule has 7 nitrogen and oxygen atoms in total. The number of amides is 2. The van der Waals surface area contributed by atoms with Crippen LogP contribution in [0.3, 0.4) is 0 Å². The van der Waals surface area contributed by atoms with E-state index in [9.17, 15) is 35.6 Å². The maximum atomic E-state index is 14.9. The smallest absolute Gasteiger partial charge is 0.324 e. The second kappa shape index (κ2) is 13.6. The van der Waals surface area contributed by atoms with Crippen LogP contribution >= 0.6 is 0 Å². The maximum Gasteiger partial charge on any atom is 0.324 e. The summed E-state index contributed by atoms with van der Waals surface area (Å²) in [6.07, 6.45) is 9.84. The van der Waals surface area contributed by atoms with Crippen molar-refractivity contribution in [3.05, 3.63) is 70.8 Å². The van der Waals surface area contributed by atoms with E-state index in [0.717, 1.165) is 25.7 Å². The van der Waals surface area contributed by atoms with Crippen molar-refractivity contribution in [1.29, 1.82) is 0 Å². The molecule has 0 spiro atoms. The second-order valence-corrected chi connectivity index (χ2v) is 11.6. The molecular formula is C30H31F4NO6S. The summed E-state index contributed by atoms with van der Waals surface area (Å²) in [6.45, 7) is 1.89. The molecule has 2 amide bonds. The molecule has 3 aromatic carbocycles. The first-order chi connectivity index (χ1) is 20.1. The van der Waals surface area contributed by atoms with Crippen molar-refractivity contribution in [1.82, 2.24) is 5.06 Å². The van der Waals surface area contributed by atoms with Crippen molar-refractivity contribution in [2.75, 3.05) is 6.61 Å². The second-order valence-electron chi connectivity index (χ2n) is 10.1. The van der Waals surface area contributed by atoms with E-state index in [0.29, 0.717) is 18.2 Å². The van der Waals surface area contributed by atoms with Crippen LogP contribution in [0.5, 0.6) is 5.75 Å². The highest BCUT2D eigenvalue weighted by molar-refractivity contribution is 7.86. The zero-order valence-electron chi connectivity index (χ0n) is 23.1. The Balaban J connectivity index is 1.43. The zero-order valence-corrected chi connectivity index (χ0v) is 23.9. The van der Waals surface area contributed by atoms with Gasteiger partial charge in [0.2, 0.25) is 11.6 Å². The van der Waals surface area contributed by atoms with Crippen LogP contribution in [0.4, 0.5) is 17.6 Å². The lowest BCUT2D eigenvalue weighted by Crippen LogP contribution is -2.42. The Labute approximate surface area is 241 Å². The number of hydrogen-bond acceptors (Lipinski definition) is 6. The number of ether oxygens (including phenoxy) is 1. The molecule has 1 aliphatic heterocycles. The van der Waals surface area contributed by atoms with Crippen LogP contribution in [0, 0.1) is 23.3 Å². The Morgan fingerprint density at radius 3 is 1.67 bits per heavy atom.